The van der Waals surface area contributed by atoms with Crippen molar-refractivity contribution in [3.8, 4) is 39.0 Å². The molecule has 1 atom stereocenters. The van der Waals surface area contributed by atoms with Gasteiger partial charge < -0.3 is 0 Å². The normalized spacial score (nSPS) is 11.7. The first-order valence-corrected chi connectivity index (χ1v) is 12.7. The monoisotopic (exact) mass is 521 g/mol. The molecule has 0 aliphatic rings. The summed E-state index contributed by atoms with van der Waals surface area (Å²) in [6.07, 6.45) is 1.74. The molecule has 5 aromatic rings. The molecule has 5 rings (SSSR count). The highest BCUT2D eigenvalue weighted by molar-refractivity contribution is 7.17. The Morgan fingerprint density at radius 2 is 1.62 bits per heavy atom. The van der Waals surface area contributed by atoms with Gasteiger partial charge in [-0.15, -0.1) is 0 Å². The molecule has 1 N–H and O–H groups in total. The molecule has 0 bridgehead atoms. The fourth-order valence-corrected chi connectivity index (χ4v) is 5.30. The average molecular weight is 522 g/mol. The zero-order valence-electron chi connectivity index (χ0n) is 19.7. The van der Waals surface area contributed by atoms with Gasteiger partial charge in [0.25, 0.3) is 5.56 Å². The van der Waals surface area contributed by atoms with Crippen LogP contribution in [-0.4, -0.2) is 14.8 Å². The van der Waals surface area contributed by atoms with Crippen molar-refractivity contribution in [3.63, 3.8) is 0 Å². The molecule has 2 heterocycles. The Hall–Kier alpha value is -4.43. The smallest absolute Gasteiger partial charge is 0.277 e. The number of thiazole rings is 1. The van der Waals surface area contributed by atoms with Crippen LogP contribution in [0.25, 0.3) is 26.8 Å². The minimum Gasteiger partial charge on any atom is -0.288 e. The van der Waals surface area contributed by atoms with Gasteiger partial charge in [-0.25, -0.2) is 4.98 Å². The summed E-state index contributed by atoms with van der Waals surface area (Å²) in [7, 11) is 0. The van der Waals surface area contributed by atoms with Gasteiger partial charge in [0.05, 0.1) is 28.3 Å². The number of nitrogens with zero attached hydrogens (tertiary/aromatic N) is 4. The third-order valence-electron chi connectivity index (χ3n) is 6.16. The number of hydrogen-bond donors (Lipinski definition) is 1. The van der Waals surface area contributed by atoms with Crippen LogP contribution in [0, 0.1) is 35.5 Å². The molecule has 2 aromatic heterocycles. The molecule has 1 unspecified atom stereocenters. The molecular weight excluding hydrogens is 502 g/mol. The molecule has 0 aliphatic carbocycles. The molecule has 6 nitrogen and oxygen atoms in total. The lowest BCUT2D eigenvalue weighted by molar-refractivity contribution is 0.703. The quantitative estimate of drug-likeness (QED) is 0.268. The van der Waals surface area contributed by atoms with E-state index >= 15 is 0 Å². The van der Waals surface area contributed by atoms with Gasteiger partial charge >= 0.3 is 0 Å². The molecule has 37 heavy (non-hydrogen) atoms. The zero-order chi connectivity index (χ0) is 25.9. The summed E-state index contributed by atoms with van der Waals surface area (Å²) < 4.78 is 1.40. The topological polar surface area (TPSA) is 98.3 Å². The summed E-state index contributed by atoms with van der Waals surface area (Å²) in [5.74, 6) is -1.90. The van der Waals surface area contributed by atoms with E-state index in [1.165, 1.54) is 16.0 Å². The van der Waals surface area contributed by atoms with Crippen molar-refractivity contribution in [2.24, 2.45) is 5.92 Å². The van der Waals surface area contributed by atoms with Crippen LogP contribution < -0.4 is 5.56 Å². The summed E-state index contributed by atoms with van der Waals surface area (Å²) in [6.45, 7) is 2.03. The van der Waals surface area contributed by atoms with E-state index in [4.69, 9.17) is 11.6 Å². The summed E-state index contributed by atoms with van der Waals surface area (Å²) >= 11 is 7.48. The fourth-order valence-electron chi connectivity index (χ4n) is 4.29. The highest BCUT2D eigenvalue weighted by Gasteiger charge is 2.33. The largest absolute Gasteiger partial charge is 0.288 e. The van der Waals surface area contributed by atoms with E-state index in [2.05, 4.69) is 22.2 Å². The van der Waals surface area contributed by atoms with Crippen molar-refractivity contribution in [2.75, 3.05) is 0 Å². The number of aromatic nitrogens is 3. The van der Waals surface area contributed by atoms with E-state index in [9.17, 15) is 15.3 Å². The van der Waals surface area contributed by atoms with Crippen molar-refractivity contribution < 1.29 is 0 Å². The molecule has 0 aliphatic heterocycles. The Morgan fingerprint density at radius 1 is 0.946 bits per heavy atom. The lowest BCUT2D eigenvalue weighted by Gasteiger charge is -2.18. The van der Waals surface area contributed by atoms with Gasteiger partial charge in [0.15, 0.2) is 0 Å². The van der Waals surface area contributed by atoms with Crippen LogP contribution in [0.15, 0.2) is 89.9 Å². The molecular formula is C29H20ClN5OS. The number of hydrogen-bond acceptors (Lipinski definition) is 5. The highest BCUT2D eigenvalue weighted by Crippen LogP contribution is 2.37. The van der Waals surface area contributed by atoms with Gasteiger partial charge in [-0.2, -0.15) is 15.2 Å². The van der Waals surface area contributed by atoms with E-state index < -0.39 is 11.8 Å². The van der Waals surface area contributed by atoms with E-state index in [0.29, 0.717) is 27.0 Å². The molecule has 0 spiro atoms. The average Bonchev–Trinajstić information content (AvgIpc) is 3.54. The molecule has 180 valence electrons. The van der Waals surface area contributed by atoms with Gasteiger partial charge in [-0.1, -0.05) is 95.2 Å². The molecule has 0 saturated heterocycles. The molecule has 0 saturated carbocycles. The predicted octanol–water partition coefficient (Wildman–Crippen LogP) is 6.71. The maximum Gasteiger partial charge on any atom is 0.277 e. The van der Waals surface area contributed by atoms with Gasteiger partial charge in [0.2, 0.25) is 5.13 Å². The Morgan fingerprint density at radius 3 is 2.27 bits per heavy atom. The van der Waals surface area contributed by atoms with Crippen LogP contribution in [0.1, 0.15) is 22.6 Å². The standard InChI is InChI=1S/C29H20ClN5OS/c1-18-7-9-19(10-8-18)24-17-33-29(37-24)35-28(36)26(27(34-35)21-5-3-2-4-6-21)25(22(15-31)16-32)20-11-13-23(30)14-12-20/h2-14,17,22,25,34H,1H3. The summed E-state index contributed by atoms with van der Waals surface area (Å²) in [4.78, 5) is 19.5. The minimum atomic E-state index is -1.10. The number of H-pyrrole nitrogens is 1. The Labute approximate surface area is 222 Å². The molecule has 0 amide bonds. The first-order valence-electron chi connectivity index (χ1n) is 11.5. The summed E-state index contributed by atoms with van der Waals surface area (Å²) in [5.41, 5.74) is 4.07. The summed E-state index contributed by atoms with van der Waals surface area (Å²) in [5, 5.41) is 24.0. The lowest BCUT2D eigenvalue weighted by atomic mass is 9.81. The van der Waals surface area contributed by atoms with Gasteiger partial charge in [0, 0.05) is 17.1 Å². The van der Waals surface area contributed by atoms with Crippen LogP contribution >= 0.6 is 22.9 Å². The lowest BCUT2D eigenvalue weighted by Crippen LogP contribution is -2.23. The second kappa shape index (κ2) is 10.3. The van der Waals surface area contributed by atoms with E-state index in [1.54, 1.807) is 30.5 Å². The molecule has 0 radical (unpaired) electrons. The molecule has 3 aromatic carbocycles. The van der Waals surface area contributed by atoms with Gasteiger partial charge in [-0.3, -0.25) is 9.89 Å². The predicted molar refractivity (Wildman–Crippen MR) is 146 cm³/mol. The Bertz CT molecular complexity index is 1670. The van der Waals surface area contributed by atoms with Crippen LogP contribution in [0.4, 0.5) is 0 Å². The Balaban J connectivity index is 1.72. The number of rotatable bonds is 6. The van der Waals surface area contributed by atoms with E-state index in [1.807, 2.05) is 61.5 Å². The van der Waals surface area contributed by atoms with Crippen molar-refractivity contribution in [2.45, 2.75) is 12.8 Å². The maximum absolute atomic E-state index is 14.0. The third-order valence-corrected chi connectivity index (χ3v) is 7.44. The van der Waals surface area contributed by atoms with E-state index in [-0.39, 0.29) is 5.56 Å². The van der Waals surface area contributed by atoms with E-state index in [0.717, 1.165) is 21.6 Å². The Kier molecular flexibility index (Phi) is 6.74. The summed E-state index contributed by atoms with van der Waals surface area (Å²) in [6, 6.07) is 28.5. The van der Waals surface area contributed by atoms with Gasteiger partial charge in [0.1, 0.15) is 5.92 Å². The third kappa shape index (κ3) is 4.71. The van der Waals surface area contributed by atoms with Crippen LogP contribution in [0.5, 0.6) is 0 Å². The van der Waals surface area contributed by atoms with Crippen molar-refractivity contribution in [1.82, 2.24) is 14.8 Å². The highest BCUT2D eigenvalue weighted by atomic mass is 35.5. The zero-order valence-corrected chi connectivity index (χ0v) is 21.3. The van der Waals surface area contributed by atoms with Crippen molar-refractivity contribution in [1.29, 1.82) is 10.5 Å². The number of aromatic amines is 1. The van der Waals surface area contributed by atoms with Crippen LogP contribution in [0.2, 0.25) is 5.02 Å². The fraction of sp³-hybridized carbons (Fsp3) is 0.103. The number of aryl methyl sites for hydroxylation is 1. The first kappa shape index (κ1) is 24.3. The first-order chi connectivity index (χ1) is 18.0. The minimum absolute atomic E-state index is 0.328. The molecule has 8 heteroatoms. The number of benzene rings is 3. The SMILES string of the molecule is Cc1ccc(-c2cnc(-n3[nH]c(-c4ccccc4)c(C(c4ccc(Cl)cc4)C(C#N)C#N)c3=O)s2)cc1. The van der Waals surface area contributed by atoms with Crippen molar-refractivity contribution in [3.05, 3.63) is 117 Å². The second-order valence-corrected chi connectivity index (χ2v) is 9.99. The van der Waals surface area contributed by atoms with Crippen molar-refractivity contribution >= 4 is 22.9 Å². The maximum atomic E-state index is 14.0. The molecule has 0 fully saturated rings. The number of halogens is 1. The van der Waals surface area contributed by atoms with Crippen LogP contribution in [-0.2, 0) is 0 Å². The van der Waals surface area contributed by atoms with Crippen LogP contribution in [0.3, 0.4) is 0 Å². The second-order valence-electron chi connectivity index (χ2n) is 8.55. The number of nitriles is 2. The number of nitrogens with one attached hydrogen (secondary N) is 1. The van der Waals surface area contributed by atoms with Gasteiger partial charge in [-0.05, 0) is 35.7 Å².